The third kappa shape index (κ3) is 5.29. The molecule has 0 heterocycles. The first-order valence-electron chi connectivity index (χ1n) is 6.94. The van der Waals surface area contributed by atoms with Crippen LogP contribution in [0.2, 0.25) is 0 Å². The van der Waals surface area contributed by atoms with Gasteiger partial charge in [0.1, 0.15) is 0 Å². The van der Waals surface area contributed by atoms with E-state index in [1.54, 1.807) is 0 Å². The second-order valence-corrected chi connectivity index (χ2v) is 7.43. The van der Waals surface area contributed by atoms with Gasteiger partial charge in [0.05, 0.1) is 10.5 Å². The lowest BCUT2D eigenvalue weighted by atomic mass is 10.2. The highest BCUT2D eigenvalue weighted by molar-refractivity contribution is 9.10. The molecule has 23 heavy (non-hydrogen) atoms. The number of halogens is 1. The molecule has 0 saturated carbocycles. The summed E-state index contributed by atoms with van der Waals surface area (Å²) in [5, 5.41) is 2.61. The second-order valence-electron chi connectivity index (χ2n) is 4.69. The summed E-state index contributed by atoms with van der Waals surface area (Å²) in [7, 11) is -2.41. The number of ether oxygens (including phenoxy) is 1. The molecule has 0 saturated heterocycles. The van der Waals surface area contributed by atoms with Crippen LogP contribution in [0.15, 0.2) is 27.6 Å². The number of nitrogens with one attached hydrogen (secondary N) is 2. The minimum atomic E-state index is -3.69. The first-order valence-corrected chi connectivity index (χ1v) is 9.22. The van der Waals surface area contributed by atoms with Crippen molar-refractivity contribution in [1.82, 2.24) is 10.0 Å². The van der Waals surface area contributed by atoms with Gasteiger partial charge in [-0.25, -0.2) is 17.9 Å². The zero-order valence-corrected chi connectivity index (χ0v) is 15.5. The summed E-state index contributed by atoms with van der Waals surface area (Å²) in [6, 6.07) is 3.97. The molecule has 0 bridgehead atoms. The van der Waals surface area contributed by atoms with Gasteiger partial charge in [-0.15, -0.1) is 0 Å². The van der Waals surface area contributed by atoms with E-state index in [-0.39, 0.29) is 10.5 Å². The van der Waals surface area contributed by atoms with Crippen molar-refractivity contribution in [2.24, 2.45) is 0 Å². The fourth-order valence-corrected chi connectivity index (χ4v) is 2.78. The van der Waals surface area contributed by atoms with E-state index in [0.717, 1.165) is 6.42 Å². The van der Waals surface area contributed by atoms with Crippen LogP contribution in [0, 0.1) is 0 Å². The molecule has 0 aliphatic heterocycles. The SMILES string of the molecule is CCCNC(=O)[C@@H](C)OC(=O)c1cc(S(=O)(=O)NC)ccc1Br. The average molecular weight is 407 g/mol. The van der Waals surface area contributed by atoms with E-state index >= 15 is 0 Å². The van der Waals surface area contributed by atoms with Gasteiger partial charge in [-0.05, 0) is 54.5 Å². The van der Waals surface area contributed by atoms with Crippen molar-refractivity contribution in [2.45, 2.75) is 31.3 Å². The Balaban J connectivity index is 2.96. The van der Waals surface area contributed by atoms with Crippen LogP contribution in [0.3, 0.4) is 0 Å². The van der Waals surface area contributed by atoms with E-state index in [2.05, 4.69) is 26.0 Å². The normalized spacial score (nSPS) is 12.5. The van der Waals surface area contributed by atoms with Crippen molar-refractivity contribution in [3.8, 4) is 0 Å². The highest BCUT2D eigenvalue weighted by Gasteiger charge is 2.22. The summed E-state index contributed by atoms with van der Waals surface area (Å²) in [5.41, 5.74) is 0.0245. The van der Waals surface area contributed by atoms with Gasteiger partial charge in [0, 0.05) is 11.0 Å². The smallest absolute Gasteiger partial charge is 0.340 e. The number of hydrogen-bond acceptors (Lipinski definition) is 5. The van der Waals surface area contributed by atoms with Gasteiger partial charge in [-0.3, -0.25) is 4.79 Å². The molecule has 0 aliphatic rings. The van der Waals surface area contributed by atoms with Crippen LogP contribution in [0.5, 0.6) is 0 Å². The van der Waals surface area contributed by atoms with Gasteiger partial charge in [0.15, 0.2) is 6.10 Å². The van der Waals surface area contributed by atoms with Crippen molar-refractivity contribution in [3.05, 3.63) is 28.2 Å². The average Bonchev–Trinajstić information content (AvgIpc) is 2.52. The lowest BCUT2D eigenvalue weighted by Crippen LogP contribution is -2.36. The molecule has 0 aliphatic carbocycles. The minimum absolute atomic E-state index is 0.0245. The number of carbonyl (C=O) groups excluding carboxylic acids is 2. The Labute approximate surface area is 144 Å². The molecule has 9 heteroatoms. The quantitative estimate of drug-likeness (QED) is 0.666. The topological polar surface area (TPSA) is 102 Å². The summed E-state index contributed by atoms with van der Waals surface area (Å²) >= 11 is 3.17. The minimum Gasteiger partial charge on any atom is -0.449 e. The number of benzene rings is 1. The number of rotatable bonds is 7. The molecule has 0 unspecified atom stereocenters. The third-order valence-electron chi connectivity index (χ3n) is 2.94. The van der Waals surface area contributed by atoms with Crippen molar-refractivity contribution >= 4 is 37.8 Å². The summed E-state index contributed by atoms with van der Waals surface area (Å²) in [4.78, 5) is 23.8. The van der Waals surface area contributed by atoms with E-state index in [0.29, 0.717) is 11.0 Å². The van der Waals surface area contributed by atoms with Gasteiger partial charge in [-0.2, -0.15) is 0 Å². The predicted molar refractivity (Wildman–Crippen MR) is 88.6 cm³/mol. The molecule has 7 nitrogen and oxygen atoms in total. The molecule has 1 aromatic carbocycles. The van der Waals surface area contributed by atoms with Gasteiger partial charge < -0.3 is 10.1 Å². The van der Waals surface area contributed by atoms with Crippen LogP contribution in [0.25, 0.3) is 0 Å². The Morgan fingerprint density at radius 1 is 1.35 bits per heavy atom. The maximum atomic E-state index is 12.2. The fraction of sp³-hybridized carbons (Fsp3) is 0.429. The molecule has 1 aromatic rings. The number of esters is 1. The fourth-order valence-electron chi connectivity index (χ4n) is 1.62. The number of amides is 1. The summed E-state index contributed by atoms with van der Waals surface area (Å²) in [6.45, 7) is 3.84. The van der Waals surface area contributed by atoms with Crippen molar-refractivity contribution in [1.29, 1.82) is 0 Å². The number of hydrogen-bond donors (Lipinski definition) is 2. The molecular formula is C14H19BrN2O5S. The summed E-state index contributed by atoms with van der Waals surface area (Å²) in [6.07, 6.45) is -0.215. The predicted octanol–water partition coefficient (Wildman–Crippen LogP) is 1.43. The first-order chi connectivity index (χ1) is 10.7. The van der Waals surface area contributed by atoms with Gasteiger partial charge in [0.25, 0.3) is 5.91 Å². The van der Waals surface area contributed by atoms with E-state index in [1.807, 2.05) is 6.92 Å². The molecule has 2 N–H and O–H groups in total. The molecule has 128 valence electrons. The van der Waals surface area contributed by atoms with Crippen molar-refractivity contribution < 1.29 is 22.7 Å². The Morgan fingerprint density at radius 2 is 2.00 bits per heavy atom. The highest BCUT2D eigenvalue weighted by atomic mass is 79.9. The lowest BCUT2D eigenvalue weighted by Gasteiger charge is -2.14. The van der Waals surface area contributed by atoms with Crippen LogP contribution >= 0.6 is 15.9 Å². The van der Waals surface area contributed by atoms with Crippen LogP contribution in [-0.2, 0) is 19.6 Å². The molecule has 1 atom stereocenters. The monoisotopic (exact) mass is 406 g/mol. The second kappa shape index (κ2) is 8.42. The maximum absolute atomic E-state index is 12.2. The van der Waals surface area contributed by atoms with Crippen LogP contribution in [0.1, 0.15) is 30.6 Å². The maximum Gasteiger partial charge on any atom is 0.340 e. The Hall–Kier alpha value is -1.45. The van der Waals surface area contributed by atoms with Crippen LogP contribution in [0.4, 0.5) is 0 Å². The van der Waals surface area contributed by atoms with Crippen LogP contribution in [-0.4, -0.2) is 40.0 Å². The molecular weight excluding hydrogens is 388 g/mol. The Morgan fingerprint density at radius 3 is 2.57 bits per heavy atom. The first kappa shape index (κ1) is 19.6. The summed E-state index contributed by atoms with van der Waals surface area (Å²) in [5.74, 6) is -1.19. The highest BCUT2D eigenvalue weighted by Crippen LogP contribution is 2.22. The number of carbonyl (C=O) groups is 2. The molecule has 0 spiro atoms. The van der Waals surface area contributed by atoms with E-state index in [4.69, 9.17) is 4.74 Å². The van der Waals surface area contributed by atoms with E-state index in [1.165, 1.54) is 32.2 Å². The molecule has 0 radical (unpaired) electrons. The van der Waals surface area contributed by atoms with E-state index in [9.17, 15) is 18.0 Å². The molecule has 1 rings (SSSR count). The largest absolute Gasteiger partial charge is 0.449 e. The molecule has 1 amide bonds. The third-order valence-corrected chi connectivity index (χ3v) is 5.04. The number of sulfonamides is 1. The Kier molecular flexibility index (Phi) is 7.17. The van der Waals surface area contributed by atoms with Gasteiger partial charge >= 0.3 is 5.97 Å². The molecule has 0 fully saturated rings. The molecule has 0 aromatic heterocycles. The van der Waals surface area contributed by atoms with Crippen molar-refractivity contribution in [2.75, 3.05) is 13.6 Å². The zero-order valence-electron chi connectivity index (χ0n) is 13.1. The standard InChI is InChI=1S/C14H19BrN2O5S/c1-4-7-17-13(18)9(2)22-14(19)11-8-10(5-6-12(11)15)23(20,21)16-3/h5-6,8-9,16H,4,7H2,1-3H3,(H,17,18)/t9-/m1/s1. The van der Waals surface area contributed by atoms with Gasteiger partial charge in [0.2, 0.25) is 10.0 Å². The van der Waals surface area contributed by atoms with Gasteiger partial charge in [-0.1, -0.05) is 6.92 Å². The van der Waals surface area contributed by atoms with Crippen LogP contribution < -0.4 is 10.0 Å². The van der Waals surface area contributed by atoms with Crippen molar-refractivity contribution in [3.63, 3.8) is 0 Å². The zero-order chi connectivity index (χ0) is 17.6. The van der Waals surface area contributed by atoms with E-state index < -0.39 is 28.0 Å². The summed E-state index contributed by atoms with van der Waals surface area (Å²) < 4.78 is 31.2. The Bertz CT molecular complexity index is 690. The lowest BCUT2D eigenvalue weighted by molar-refractivity contribution is -0.129.